The number of nitrogens with two attached hydrogens (primary N) is 1. The summed E-state index contributed by atoms with van der Waals surface area (Å²) >= 11 is 0. The van der Waals surface area contributed by atoms with E-state index in [0.717, 1.165) is 0 Å². The topological polar surface area (TPSA) is 64.7 Å². The van der Waals surface area contributed by atoms with Crippen molar-refractivity contribution in [2.24, 2.45) is 5.73 Å². The number of hydrogen-bond acceptors (Lipinski definition) is 4. The maximum atomic E-state index is 13.9. The number of aliphatic hydroxyl groups excluding tert-OH is 1. The molecule has 3 N–H and O–H groups in total. The molecule has 0 heterocycles. The van der Waals surface area contributed by atoms with Gasteiger partial charge in [-0.05, 0) is 18.6 Å². The fourth-order valence-corrected chi connectivity index (χ4v) is 1.60. The highest BCUT2D eigenvalue weighted by Crippen LogP contribution is 2.35. The molecule has 16 heavy (non-hydrogen) atoms. The van der Waals surface area contributed by atoms with Gasteiger partial charge >= 0.3 is 0 Å². The van der Waals surface area contributed by atoms with Crippen molar-refractivity contribution in [3.63, 3.8) is 0 Å². The molecule has 0 saturated heterocycles. The Hall–Kier alpha value is -1.33. The van der Waals surface area contributed by atoms with Crippen molar-refractivity contribution in [2.75, 3.05) is 20.8 Å². The van der Waals surface area contributed by atoms with Gasteiger partial charge in [0.05, 0.1) is 26.9 Å². The van der Waals surface area contributed by atoms with E-state index in [2.05, 4.69) is 0 Å². The second-order valence-electron chi connectivity index (χ2n) is 3.45. The molecular formula is C11H16FNO3. The Bertz CT molecular complexity index is 382. The minimum atomic E-state index is -0.672. The third-order valence-electron chi connectivity index (χ3n) is 2.40. The minimum Gasteiger partial charge on any atom is -0.493 e. The highest BCUT2D eigenvalue weighted by atomic mass is 19.1. The van der Waals surface area contributed by atoms with Crippen LogP contribution >= 0.6 is 0 Å². The van der Waals surface area contributed by atoms with Crippen molar-refractivity contribution in [3.05, 3.63) is 23.0 Å². The lowest BCUT2D eigenvalue weighted by Crippen LogP contribution is -2.16. The molecule has 1 unspecified atom stereocenters. The van der Waals surface area contributed by atoms with Gasteiger partial charge in [-0.25, -0.2) is 0 Å². The average Bonchev–Trinajstić information content (AvgIpc) is 2.28. The summed E-state index contributed by atoms with van der Waals surface area (Å²) < 4.78 is 23.8. The Morgan fingerprint density at radius 1 is 1.38 bits per heavy atom. The van der Waals surface area contributed by atoms with Crippen LogP contribution in [0.25, 0.3) is 0 Å². The number of benzene rings is 1. The second-order valence-corrected chi connectivity index (χ2v) is 3.45. The van der Waals surface area contributed by atoms with Gasteiger partial charge in [0.25, 0.3) is 0 Å². The first-order valence-electron chi connectivity index (χ1n) is 4.84. The number of methoxy groups -OCH3 is 2. The molecule has 0 bridgehead atoms. The van der Waals surface area contributed by atoms with E-state index in [1.807, 2.05) is 0 Å². The van der Waals surface area contributed by atoms with Crippen LogP contribution in [0.1, 0.15) is 17.2 Å². The Morgan fingerprint density at radius 2 is 1.94 bits per heavy atom. The number of ether oxygens (including phenoxy) is 2. The highest BCUT2D eigenvalue weighted by Gasteiger charge is 2.21. The van der Waals surface area contributed by atoms with E-state index in [-0.39, 0.29) is 18.1 Å². The molecule has 0 amide bonds. The minimum absolute atomic E-state index is 0.0176. The fourth-order valence-electron chi connectivity index (χ4n) is 1.60. The second kappa shape index (κ2) is 5.14. The zero-order valence-corrected chi connectivity index (χ0v) is 9.58. The van der Waals surface area contributed by atoms with Gasteiger partial charge in [-0.2, -0.15) is 4.39 Å². The normalized spacial score (nSPS) is 12.4. The van der Waals surface area contributed by atoms with E-state index in [4.69, 9.17) is 20.3 Å². The van der Waals surface area contributed by atoms with Gasteiger partial charge < -0.3 is 20.3 Å². The van der Waals surface area contributed by atoms with Crippen LogP contribution in [-0.2, 0) is 0 Å². The molecule has 0 aliphatic carbocycles. The van der Waals surface area contributed by atoms with E-state index in [1.165, 1.54) is 14.2 Å². The predicted octanol–water partition coefficient (Wildman–Crippen LogP) is 1.14. The monoisotopic (exact) mass is 229 g/mol. The van der Waals surface area contributed by atoms with Crippen LogP contribution in [0.3, 0.4) is 0 Å². The summed E-state index contributed by atoms with van der Waals surface area (Å²) in [5.41, 5.74) is 6.70. The average molecular weight is 229 g/mol. The highest BCUT2D eigenvalue weighted by molar-refractivity contribution is 5.49. The Labute approximate surface area is 93.8 Å². The van der Waals surface area contributed by atoms with Crippen molar-refractivity contribution >= 4 is 0 Å². The maximum Gasteiger partial charge on any atom is 0.207 e. The van der Waals surface area contributed by atoms with Gasteiger partial charge in [0.2, 0.25) is 5.82 Å². The first kappa shape index (κ1) is 12.7. The molecular weight excluding hydrogens is 213 g/mol. The van der Waals surface area contributed by atoms with Crippen molar-refractivity contribution < 1.29 is 19.0 Å². The summed E-state index contributed by atoms with van der Waals surface area (Å²) in [5.74, 6) is -0.446. The molecule has 0 fully saturated rings. The number of aryl methyl sites for hydroxylation is 1. The van der Waals surface area contributed by atoms with E-state index in [9.17, 15) is 4.39 Å². The summed E-state index contributed by atoms with van der Waals surface area (Å²) in [6.45, 7) is 1.43. The lowest BCUT2D eigenvalue weighted by molar-refractivity contribution is 0.262. The van der Waals surface area contributed by atoms with Crippen LogP contribution in [0.2, 0.25) is 0 Å². The van der Waals surface area contributed by atoms with Crippen molar-refractivity contribution in [1.29, 1.82) is 0 Å². The number of hydrogen-bond donors (Lipinski definition) is 2. The molecule has 1 aromatic rings. The molecule has 0 aliphatic rings. The van der Waals surface area contributed by atoms with Crippen LogP contribution in [0.15, 0.2) is 6.07 Å². The Morgan fingerprint density at radius 3 is 2.38 bits per heavy atom. The first-order valence-corrected chi connectivity index (χ1v) is 4.84. The zero-order chi connectivity index (χ0) is 12.3. The summed E-state index contributed by atoms with van der Waals surface area (Å²) in [5, 5.41) is 8.98. The number of rotatable bonds is 4. The van der Waals surface area contributed by atoms with E-state index < -0.39 is 11.9 Å². The van der Waals surface area contributed by atoms with Gasteiger partial charge in [0, 0.05) is 5.56 Å². The molecule has 1 rings (SSSR count). The lowest BCUT2D eigenvalue weighted by atomic mass is 10.0. The molecule has 5 heteroatoms. The fraction of sp³-hybridized carbons (Fsp3) is 0.455. The molecule has 1 aromatic carbocycles. The third-order valence-corrected chi connectivity index (χ3v) is 2.40. The van der Waals surface area contributed by atoms with Crippen molar-refractivity contribution in [2.45, 2.75) is 13.0 Å². The number of halogens is 1. The molecule has 1 atom stereocenters. The Kier molecular flexibility index (Phi) is 4.09. The van der Waals surface area contributed by atoms with Crippen molar-refractivity contribution in [3.8, 4) is 11.5 Å². The zero-order valence-electron chi connectivity index (χ0n) is 9.58. The van der Waals surface area contributed by atoms with Crippen LogP contribution in [0.5, 0.6) is 11.5 Å². The smallest absolute Gasteiger partial charge is 0.207 e. The van der Waals surface area contributed by atoms with Crippen molar-refractivity contribution in [1.82, 2.24) is 0 Å². The third kappa shape index (κ3) is 2.10. The number of aliphatic hydroxyl groups is 1. The SMILES string of the molecule is COc1c(C)cc(C(N)CO)c(OC)c1F. The van der Waals surface area contributed by atoms with Crippen LogP contribution in [-0.4, -0.2) is 25.9 Å². The van der Waals surface area contributed by atoms with E-state index in [0.29, 0.717) is 11.1 Å². The Balaban J connectivity index is 3.40. The molecule has 0 aliphatic heterocycles. The molecule has 0 spiro atoms. The van der Waals surface area contributed by atoms with Gasteiger partial charge in [-0.3, -0.25) is 0 Å². The molecule has 0 aromatic heterocycles. The van der Waals surface area contributed by atoms with Gasteiger partial charge in [-0.15, -0.1) is 0 Å². The molecule has 0 saturated carbocycles. The van der Waals surface area contributed by atoms with Gasteiger partial charge in [-0.1, -0.05) is 0 Å². The predicted molar refractivity (Wildman–Crippen MR) is 58.3 cm³/mol. The van der Waals surface area contributed by atoms with E-state index >= 15 is 0 Å². The van der Waals surface area contributed by atoms with Gasteiger partial charge in [0.15, 0.2) is 11.5 Å². The standard InChI is InChI=1S/C11H16FNO3/c1-6-4-7(8(13)5-14)11(16-3)9(12)10(6)15-2/h4,8,14H,5,13H2,1-3H3. The largest absolute Gasteiger partial charge is 0.493 e. The summed E-state index contributed by atoms with van der Waals surface area (Å²) in [6, 6.07) is 0.982. The van der Waals surface area contributed by atoms with Crippen LogP contribution in [0.4, 0.5) is 4.39 Å². The lowest BCUT2D eigenvalue weighted by Gasteiger charge is -2.17. The maximum absolute atomic E-state index is 13.9. The quantitative estimate of drug-likeness (QED) is 0.812. The summed E-state index contributed by atoms with van der Waals surface area (Å²) in [6.07, 6.45) is 0. The molecule has 4 nitrogen and oxygen atoms in total. The molecule has 90 valence electrons. The summed E-state index contributed by atoms with van der Waals surface area (Å²) in [7, 11) is 2.73. The molecule has 0 radical (unpaired) electrons. The summed E-state index contributed by atoms with van der Waals surface area (Å²) in [4.78, 5) is 0. The van der Waals surface area contributed by atoms with Crippen LogP contribution in [0, 0.1) is 12.7 Å². The van der Waals surface area contributed by atoms with Crippen LogP contribution < -0.4 is 15.2 Å². The van der Waals surface area contributed by atoms with Gasteiger partial charge in [0.1, 0.15) is 0 Å². The van der Waals surface area contributed by atoms with E-state index in [1.54, 1.807) is 13.0 Å². The first-order chi connectivity index (χ1) is 7.56.